The highest BCUT2D eigenvalue weighted by molar-refractivity contribution is 6.35. The summed E-state index contributed by atoms with van der Waals surface area (Å²) >= 11 is 12.0. The second-order valence-electron chi connectivity index (χ2n) is 4.76. The molecule has 0 radical (unpaired) electrons. The van der Waals surface area contributed by atoms with Crippen LogP contribution in [0.3, 0.4) is 0 Å². The van der Waals surface area contributed by atoms with E-state index in [2.05, 4.69) is 12.2 Å². The van der Waals surface area contributed by atoms with Gasteiger partial charge in [0.25, 0.3) is 0 Å². The summed E-state index contributed by atoms with van der Waals surface area (Å²) in [6.07, 6.45) is 0.832. The van der Waals surface area contributed by atoms with E-state index < -0.39 is 0 Å². The third-order valence-electron chi connectivity index (χ3n) is 3.23. The van der Waals surface area contributed by atoms with Crippen LogP contribution in [0.25, 0.3) is 0 Å². The number of halogens is 2. The summed E-state index contributed by atoms with van der Waals surface area (Å²) in [5, 5.41) is 14.2. The summed E-state index contributed by atoms with van der Waals surface area (Å²) in [5.41, 5.74) is 2.14. The molecule has 1 unspecified atom stereocenters. The lowest BCUT2D eigenvalue weighted by molar-refractivity contribution is 0.472. The molecule has 0 aliphatic carbocycles. The highest BCUT2D eigenvalue weighted by Crippen LogP contribution is 2.22. The van der Waals surface area contributed by atoms with Gasteiger partial charge in [-0.2, -0.15) is 0 Å². The molecule has 2 rings (SSSR count). The molecule has 0 fully saturated rings. The average molecular weight is 310 g/mol. The van der Waals surface area contributed by atoms with Gasteiger partial charge in [0.05, 0.1) is 0 Å². The minimum atomic E-state index is 0.174. The Bertz CT molecular complexity index is 586. The van der Waals surface area contributed by atoms with Crippen LogP contribution in [0.5, 0.6) is 5.75 Å². The maximum atomic E-state index is 9.47. The molecule has 0 spiro atoms. The molecule has 1 atom stereocenters. The van der Waals surface area contributed by atoms with Crippen LogP contribution in [0.2, 0.25) is 10.0 Å². The Labute approximate surface area is 129 Å². The maximum Gasteiger partial charge on any atom is 0.115 e. The number of aromatic hydroxyl groups is 1. The van der Waals surface area contributed by atoms with Crippen molar-refractivity contribution in [1.29, 1.82) is 0 Å². The molecule has 0 aliphatic rings. The van der Waals surface area contributed by atoms with Crippen molar-refractivity contribution in [1.82, 2.24) is 5.32 Å². The Hall–Kier alpha value is -1.22. The number of nitrogens with one attached hydrogen (secondary N) is 1. The van der Waals surface area contributed by atoms with Gasteiger partial charge < -0.3 is 10.4 Å². The molecule has 0 heterocycles. The van der Waals surface area contributed by atoms with Crippen molar-refractivity contribution in [2.45, 2.75) is 19.4 Å². The van der Waals surface area contributed by atoms with Crippen molar-refractivity contribution in [3.05, 3.63) is 63.6 Å². The van der Waals surface area contributed by atoms with E-state index in [1.807, 2.05) is 24.3 Å². The molecule has 0 bridgehead atoms. The second-order valence-corrected chi connectivity index (χ2v) is 5.60. The molecule has 0 aliphatic heterocycles. The van der Waals surface area contributed by atoms with Crippen LogP contribution in [0.4, 0.5) is 0 Å². The Morgan fingerprint density at radius 3 is 2.65 bits per heavy atom. The first-order valence-electron chi connectivity index (χ1n) is 6.52. The molecule has 2 aromatic rings. The van der Waals surface area contributed by atoms with Crippen LogP contribution in [0, 0.1) is 0 Å². The predicted octanol–water partition coefficient (Wildman–Crippen LogP) is 4.59. The Kier molecular flexibility index (Phi) is 5.30. The molecule has 2 aromatic carbocycles. The third-order valence-corrected chi connectivity index (χ3v) is 3.82. The highest BCUT2D eigenvalue weighted by Gasteiger charge is 2.06. The summed E-state index contributed by atoms with van der Waals surface area (Å²) in [7, 11) is 0. The van der Waals surface area contributed by atoms with Crippen molar-refractivity contribution in [3.8, 4) is 5.75 Å². The van der Waals surface area contributed by atoms with Crippen molar-refractivity contribution < 1.29 is 5.11 Å². The van der Waals surface area contributed by atoms with E-state index >= 15 is 0 Å². The molecule has 0 saturated carbocycles. The van der Waals surface area contributed by atoms with Crippen LogP contribution in [0.1, 0.15) is 24.1 Å². The van der Waals surface area contributed by atoms with Gasteiger partial charge in [0.15, 0.2) is 0 Å². The van der Waals surface area contributed by atoms with Crippen molar-refractivity contribution in [3.63, 3.8) is 0 Å². The first-order valence-corrected chi connectivity index (χ1v) is 7.28. The topological polar surface area (TPSA) is 32.3 Å². The lowest BCUT2D eigenvalue weighted by Crippen LogP contribution is -2.21. The Morgan fingerprint density at radius 1 is 1.15 bits per heavy atom. The van der Waals surface area contributed by atoms with Crippen molar-refractivity contribution >= 4 is 23.2 Å². The van der Waals surface area contributed by atoms with E-state index in [0.29, 0.717) is 10.0 Å². The zero-order chi connectivity index (χ0) is 14.5. The Balaban J connectivity index is 1.89. The molecule has 2 nitrogen and oxygen atoms in total. The van der Waals surface area contributed by atoms with Crippen LogP contribution in [0.15, 0.2) is 42.5 Å². The van der Waals surface area contributed by atoms with Gasteiger partial charge in [-0.3, -0.25) is 0 Å². The first-order chi connectivity index (χ1) is 9.56. The van der Waals surface area contributed by atoms with Gasteiger partial charge in [-0.15, -0.1) is 0 Å². The summed E-state index contributed by atoms with van der Waals surface area (Å²) < 4.78 is 0. The third kappa shape index (κ3) is 4.14. The largest absolute Gasteiger partial charge is 0.508 e. The summed E-state index contributed by atoms with van der Waals surface area (Å²) in [4.78, 5) is 0. The second kappa shape index (κ2) is 6.98. The van der Waals surface area contributed by atoms with Crippen LogP contribution < -0.4 is 5.32 Å². The molecule has 20 heavy (non-hydrogen) atoms. The Morgan fingerprint density at radius 2 is 1.95 bits per heavy atom. The first kappa shape index (κ1) is 15.2. The molecular formula is C16H17Cl2NO. The summed E-state index contributed by atoms with van der Waals surface area (Å²) in [6, 6.07) is 13.0. The van der Waals surface area contributed by atoms with E-state index in [4.69, 9.17) is 23.2 Å². The van der Waals surface area contributed by atoms with Crippen molar-refractivity contribution in [2.75, 3.05) is 6.54 Å². The molecule has 0 saturated heterocycles. The van der Waals surface area contributed by atoms with Gasteiger partial charge in [0, 0.05) is 16.1 Å². The molecule has 4 heteroatoms. The minimum absolute atomic E-state index is 0.174. The molecule has 0 amide bonds. The molecule has 2 N–H and O–H groups in total. The lowest BCUT2D eigenvalue weighted by atomic mass is 10.1. The van der Waals surface area contributed by atoms with Crippen molar-refractivity contribution in [2.24, 2.45) is 0 Å². The van der Waals surface area contributed by atoms with Crippen LogP contribution in [-0.2, 0) is 6.42 Å². The molecular weight excluding hydrogens is 293 g/mol. The zero-order valence-electron chi connectivity index (χ0n) is 11.2. The summed E-state index contributed by atoms with van der Waals surface area (Å²) in [6.45, 7) is 2.87. The molecule has 106 valence electrons. The van der Waals surface area contributed by atoms with Gasteiger partial charge in [0.2, 0.25) is 0 Å². The van der Waals surface area contributed by atoms with E-state index in [1.54, 1.807) is 18.2 Å². The van der Waals surface area contributed by atoms with Gasteiger partial charge in [-0.1, -0.05) is 41.4 Å². The molecule has 0 aromatic heterocycles. The fourth-order valence-corrected chi connectivity index (χ4v) is 2.56. The summed E-state index contributed by atoms with van der Waals surface area (Å²) in [5.74, 6) is 0.289. The maximum absolute atomic E-state index is 9.47. The number of benzene rings is 2. The zero-order valence-corrected chi connectivity index (χ0v) is 12.7. The number of hydrogen-bond acceptors (Lipinski definition) is 2. The predicted molar refractivity (Wildman–Crippen MR) is 84.7 cm³/mol. The average Bonchev–Trinajstić information content (AvgIpc) is 2.41. The standard InChI is InChI=1S/C16H17Cl2NO/c1-11(13-3-2-4-15(20)9-13)19-8-7-12-5-6-14(17)10-16(12)18/h2-6,9-11,19-20H,7-8H2,1H3. The van der Waals surface area contributed by atoms with E-state index in [1.165, 1.54) is 0 Å². The van der Waals surface area contributed by atoms with E-state index in [0.717, 1.165) is 24.1 Å². The quantitative estimate of drug-likeness (QED) is 0.846. The normalized spacial score (nSPS) is 12.3. The monoisotopic (exact) mass is 309 g/mol. The fraction of sp³-hybridized carbons (Fsp3) is 0.250. The number of phenolic OH excluding ortho intramolecular Hbond substituents is 1. The van der Waals surface area contributed by atoms with Gasteiger partial charge in [0.1, 0.15) is 5.75 Å². The van der Waals surface area contributed by atoms with Gasteiger partial charge in [-0.25, -0.2) is 0 Å². The van der Waals surface area contributed by atoms with E-state index in [9.17, 15) is 5.11 Å². The van der Waals surface area contributed by atoms with E-state index in [-0.39, 0.29) is 11.8 Å². The smallest absolute Gasteiger partial charge is 0.115 e. The lowest BCUT2D eigenvalue weighted by Gasteiger charge is -2.15. The number of hydrogen-bond donors (Lipinski definition) is 2. The van der Waals surface area contributed by atoms with Crippen LogP contribution in [-0.4, -0.2) is 11.7 Å². The number of phenols is 1. The number of rotatable bonds is 5. The van der Waals surface area contributed by atoms with Crippen LogP contribution >= 0.6 is 23.2 Å². The highest BCUT2D eigenvalue weighted by atomic mass is 35.5. The SMILES string of the molecule is CC(NCCc1ccc(Cl)cc1Cl)c1cccc(O)c1. The fourth-order valence-electron chi connectivity index (χ4n) is 2.06. The van der Waals surface area contributed by atoms with Gasteiger partial charge in [-0.05, 0) is 55.3 Å². The minimum Gasteiger partial charge on any atom is -0.508 e. The van der Waals surface area contributed by atoms with Gasteiger partial charge >= 0.3 is 0 Å².